The van der Waals surface area contributed by atoms with Gasteiger partial charge in [0.05, 0.1) is 10.7 Å². The predicted molar refractivity (Wildman–Crippen MR) is 73.3 cm³/mol. The van der Waals surface area contributed by atoms with Crippen LogP contribution in [-0.2, 0) is 6.54 Å². The summed E-state index contributed by atoms with van der Waals surface area (Å²) in [4.78, 5) is 7.17. The molecule has 0 atom stereocenters. The fourth-order valence-electron chi connectivity index (χ4n) is 2.09. The number of aryl methyl sites for hydroxylation is 1. The first-order valence-corrected chi connectivity index (χ1v) is 8.00. The molecule has 2 rings (SSSR count). The topological polar surface area (TPSA) is 16.1 Å². The molecule has 0 bridgehead atoms. The van der Waals surface area contributed by atoms with Crippen molar-refractivity contribution >= 4 is 27.3 Å². The lowest BCUT2D eigenvalue weighted by atomic mass is 9.91. The summed E-state index contributed by atoms with van der Waals surface area (Å²) in [5.74, 6) is 0. The third kappa shape index (κ3) is 3.28. The standard InChI is InChI=1S/C12H19BrN2S/c1-10-14-11(9-16-10)8-15(7-3-6-13)12-4-2-5-12/h9,12H,2-8H2,1H3. The fraction of sp³-hybridized carbons (Fsp3) is 0.750. The molecule has 90 valence electrons. The molecular weight excluding hydrogens is 284 g/mol. The first kappa shape index (κ1) is 12.5. The van der Waals surface area contributed by atoms with Crippen LogP contribution in [0.5, 0.6) is 0 Å². The average Bonchev–Trinajstić information content (AvgIpc) is 2.58. The van der Waals surface area contributed by atoms with E-state index in [9.17, 15) is 0 Å². The van der Waals surface area contributed by atoms with Crippen molar-refractivity contribution in [2.24, 2.45) is 0 Å². The van der Waals surface area contributed by atoms with Gasteiger partial charge in [0, 0.05) is 23.3 Å². The number of halogens is 1. The molecule has 0 amide bonds. The quantitative estimate of drug-likeness (QED) is 0.747. The molecule has 0 radical (unpaired) electrons. The van der Waals surface area contributed by atoms with Crippen molar-refractivity contribution in [1.29, 1.82) is 0 Å². The molecule has 0 N–H and O–H groups in total. The molecule has 0 aliphatic heterocycles. The van der Waals surface area contributed by atoms with Crippen LogP contribution in [0.2, 0.25) is 0 Å². The molecule has 1 aromatic heterocycles. The lowest BCUT2D eigenvalue weighted by Crippen LogP contribution is -2.40. The van der Waals surface area contributed by atoms with Crippen LogP contribution in [0.15, 0.2) is 5.38 Å². The van der Waals surface area contributed by atoms with Crippen molar-refractivity contribution < 1.29 is 0 Å². The Kier molecular flexibility index (Phi) is 4.79. The van der Waals surface area contributed by atoms with Crippen molar-refractivity contribution in [3.63, 3.8) is 0 Å². The lowest BCUT2D eigenvalue weighted by molar-refractivity contribution is 0.119. The molecule has 2 nitrogen and oxygen atoms in total. The monoisotopic (exact) mass is 302 g/mol. The minimum absolute atomic E-state index is 0.820. The van der Waals surface area contributed by atoms with Gasteiger partial charge in [0.2, 0.25) is 0 Å². The largest absolute Gasteiger partial charge is 0.295 e. The maximum Gasteiger partial charge on any atom is 0.0897 e. The summed E-state index contributed by atoms with van der Waals surface area (Å²) in [6.45, 7) is 4.33. The first-order chi connectivity index (χ1) is 7.79. The van der Waals surface area contributed by atoms with E-state index in [1.807, 2.05) is 0 Å². The van der Waals surface area contributed by atoms with Gasteiger partial charge < -0.3 is 0 Å². The van der Waals surface area contributed by atoms with Crippen molar-refractivity contribution in [2.75, 3.05) is 11.9 Å². The SMILES string of the molecule is Cc1nc(CN(CCCBr)C2CCC2)cs1. The summed E-state index contributed by atoms with van der Waals surface area (Å²) in [6.07, 6.45) is 5.40. The summed E-state index contributed by atoms with van der Waals surface area (Å²) < 4.78 is 0. The molecule has 0 aromatic carbocycles. The van der Waals surface area contributed by atoms with E-state index in [0.29, 0.717) is 0 Å². The zero-order valence-corrected chi connectivity index (χ0v) is 12.2. The van der Waals surface area contributed by atoms with E-state index in [0.717, 1.165) is 17.9 Å². The Balaban J connectivity index is 1.90. The molecule has 1 fully saturated rings. The molecule has 1 saturated carbocycles. The van der Waals surface area contributed by atoms with Gasteiger partial charge in [-0.3, -0.25) is 4.90 Å². The van der Waals surface area contributed by atoms with Crippen LogP contribution in [0.25, 0.3) is 0 Å². The van der Waals surface area contributed by atoms with E-state index in [1.165, 1.54) is 42.9 Å². The van der Waals surface area contributed by atoms with Crippen LogP contribution in [-0.4, -0.2) is 27.8 Å². The number of thiazole rings is 1. The van der Waals surface area contributed by atoms with Gasteiger partial charge >= 0.3 is 0 Å². The maximum absolute atomic E-state index is 4.56. The van der Waals surface area contributed by atoms with E-state index in [1.54, 1.807) is 11.3 Å². The third-order valence-electron chi connectivity index (χ3n) is 3.20. The summed E-state index contributed by atoms with van der Waals surface area (Å²) in [6, 6.07) is 0.820. The van der Waals surface area contributed by atoms with Crippen molar-refractivity contribution in [3.05, 3.63) is 16.1 Å². The van der Waals surface area contributed by atoms with Crippen LogP contribution in [0.4, 0.5) is 0 Å². The Hall–Kier alpha value is 0.0700. The van der Waals surface area contributed by atoms with E-state index in [-0.39, 0.29) is 0 Å². The summed E-state index contributed by atoms with van der Waals surface area (Å²) >= 11 is 5.28. The van der Waals surface area contributed by atoms with Crippen LogP contribution in [0, 0.1) is 6.92 Å². The number of nitrogens with zero attached hydrogens (tertiary/aromatic N) is 2. The van der Waals surface area contributed by atoms with Crippen LogP contribution >= 0.6 is 27.3 Å². The maximum atomic E-state index is 4.56. The average molecular weight is 303 g/mol. The van der Waals surface area contributed by atoms with Crippen LogP contribution in [0.3, 0.4) is 0 Å². The van der Waals surface area contributed by atoms with E-state index >= 15 is 0 Å². The van der Waals surface area contributed by atoms with Gasteiger partial charge in [-0.2, -0.15) is 0 Å². The fourth-order valence-corrected chi connectivity index (χ4v) is 2.95. The summed E-state index contributed by atoms with van der Waals surface area (Å²) in [5, 5.41) is 4.49. The minimum Gasteiger partial charge on any atom is -0.295 e. The Bertz CT molecular complexity index is 323. The van der Waals surface area contributed by atoms with Crippen molar-refractivity contribution in [2.45, 2.75) is 45.2 Å². The number of aromatic nitrogens is 1. The Morgan fingerprint density at radius 1 is 1.56 bits per heavy atom. The zero-order valence-electron chi connectivity index (χ0n) is 9.79. The summed E-state index contributed by atoms with van der Waals surface area (Å²) in [5.41, 5.74) is 1.25. The van der Waals surface area contributed by atoms with Gasteiger partial charge in [-0.1, -0.05) is 22.4 Å². The normalized spacial score (nSPS) is 16.7. The van der Waals surface area contributed by atoms with Gasteiger partial charge in [0.15, 0.2) is 0 Å². The minimum atomic E-state index is 0.820. The third-order valence-corrected chi connectivity index (χ3v) is 4.58. The molecule has 0 saturated heterocycles. The Morgan fingerprint density at radius 3 is 2.88 bits per heavy atom. The molecule has 1 heterocycles. The highest BCUT2D eigenvalue weighted by molar-refractivity contribution is 9.09. The second-order valence-corrected chi connectivity index (χ2v) is 6.31. The van der Waals surface area contributed by atoms with Gasteiger partial charge in [-0.05, 0) is 32.7 Å². The molecule has 1 aliphatic rings. The van der Waals surface area contributed by atoms with Gasteiger partial charge in [-0.25, -0.2) is 4.98 Å². The number of hydrogen-bond donors (Lipinski definition) is 0. The first-order valence-electron chi connectivity index (χ1n) is 6.00. The van der Waals surface area contributed by atoms with Gasteiger partial charge in [0.25, 0.3) is 0 Å². The lowest BCUT2D eigenvalue weighted by Gasteiger charge is -2.37. The van der Waals surface area contributed by atoms with Gasteiger partial charge in [0.1, 0.15) is 0 Å². The van der Waals surface area contributed by atoms with E-state index < -0.39 is 0 Å². The number of alkyl halides is 1. The highest BCUT2D eigenvalue weighted by Crippen LogP contribution is 2.26. The number of hydrogen-bond acceptors (Lipinski definition) is 3. The molecule has 0 unspecified atom stereocenters. The highest BCUT2D eigenvalue weighted by atomic mass is 79.9. The molecule has 1 aromatic rings. The van der Waals surface area contributed by atoms with Crippen molar-refractivity contribution in [3.8, 4) is 0 Å². The smallest absolute Gasteiger partial charge is 0.0897 e. The molecular formula is C12H19BrN2S. The molecule has 0 spiro atoms. The summed E-state index contributed by atoms with van der Waals surface area (Å²) in [7, 11) is 0. The highest BCUT2D eigenvalue weighted by Gasteiger charge is 2.24. The second-order valence-electron chi connectivity index (χ2n) is 4.46. The molecule has 1 aliphatic carbocycles. The zero-order chi connectivity index (χ0) is 11.4. The van der Waals surface area contributed by atoms with E-state index in [2.05, 4.69) is 38.1 Å². The van der Waals surface area contributed by atoms with E-state index in [4.69, 9.17) is 0 Å². The second kappa shape index (κ2) is 6.12. The van der Waals surface area contributed by atoms with Crippen LogP contribution < -0.4 is 0 Å². The molecule has 4 heteroatoms. The van der Waals surface area contributed by atoms with Crippen molar-refractivity contribution in [1.82, 2.24) is 9.88 Å². The van der Waals surface area contributed by atoms with Gasteiger partial charge in [-0.15, -0.1) is 11.3 Å². The number of rotatable bonds is 6. The van der Waals surface area contributed by atoms with Crippen LogP contribution in [0.1, 0.15) is 36.4 Å². The Morgan fingerprint density at radius 2 is 2.38 bits per heavy atom. The Labute approximate surface area is 110 Å². The molecule has 16 heavy (non-hydrogen) atoms. The predicted octanol–water partition coefficient (Wildman–Crippen LogP) is 3.59.